The summed E-state index contributed by atoms with van der Waals surface area (Å²) in [5.41, 5.74) is 1.20. The molecule has 1 aromatic rings. The van der Waals surface area contributed by atoms with Crippen molar-refractivity contribution in [3.8, 4) is 0 Å². The number of hydrogen-bond donors (Lipinski definition) is 1. The molecule has 0 radical (unpaired) electrons. The molecule has 25 heavy (non-hydrogen) atoms. The lowest BCUT2D eigenvalue weighted by atomic mass is 9.85. The van der Waals surface area contributed by atoms with Gasteiger partial charge in [-0.05, 0) is 31.0 Å². The van der Waals surface area contributed by atoms with Crippen LogP contribution in [0.25, 0.3) is 5.57 Å². The van der Waals surface area contributed by atoms with Gasteiger partial charge in [0.25, 0.3) is 5.91 Å². The highest BCUT2D eigenvalue weighted by Gasteiger charge is 2.39. The molecule has 2 aliphatic rings. The minimum Gasteiger partial charge on any atom is -0.511 e. The second-order valence-corrected chi connectivity index (χ2v) is 6.48. The van der Waals surface area contributed by atoms with E-state index in [-0.39, 0.29) is 22.8 Å². The van der Waals surface area contributed by atoms with E-state index in [0.29, 0.717) is 11.3 Å². The second kappa shape index (κ2) is 6.70. The Bertz CT molecular complexity index is 774. The van der Waals surface area contributed by atoms with Crippen LogP contribution in [0, 0.1) is 5.92 Å². The summed E-state index contributed by atoms with van der Waals surface area (Å²) in [6, 6.07) is 4.56. The van der Waals surface area contributed by atoms with Crippen LogP contribution in [0.4, 0.5) is 5.69 Å². The summed E-state index contributed by atoms with van der Waals surface area (Å²) in [5.74, 6) is -1.56. The van der Waals surface area contributed by atoms with Crippen molar-refractivity contribution in [2.75, 3.05) is 12.0 Å². The molecule has 1 fully saturated rings. The molecule has 6 heteroatoms. The summed E-state index contributed by atoms with van der Waals surface area (Å²) < 4.78 is 4.73. The maximum Gasteiger partial charge on any atom is 0.337 e. The number of aliphatic hydroxyl groups excluding tert-OH is 1. The van der Waals surface area contributed by atoms with Gasteiger partial charge in [-0.1, -0.05) is 19.3 Å². The largest absolute Gasteiger partial charge is 0.511 e. The van der Waals surface area contributed by atoms with Gasteiger partial charge in [0, 0.05) is 18.4 Å². The summed E-state index contributed by atoms with van der Waals surface area (Å²) >= 11 is 0. The van der Waals surface area contributed by atoms with Crippen LogP contribution in [0.3, 0.4) is 0 Å². The van der Waals surface area contributed by atoms with Gasteiger partial charge >= 0.3 is 5.97 Å². The smallest absolute Gasteiger partial charge is 0.337 e. The first-order chi connectivity index (χ1) is 12.0. The van der Waals surface area contributed by atoms with Crippen LogP contribution >= 0.6 is 0 Å². The van der Waals surface area contributed by atoms with Crippen LogP contribution in [-0.2, 0) is 14.3 Å². The molecule has 1 aromatic carbocycles. The lowest BCUT2D eigenvalue weighted by Gasteiger charge is -2.22. The SMILES string of the molecule is COC(=O)c1ccc2c(c1)/C(=C(/O)C1CCCCC1)C(=O)N2C(C)=O. The molecule has 0 unspecified atom stereocenters. The molecule has 1 saturated carbocycles. The predicted molar refractivity (Wildman–Crippen MR) is 92.1 cm³/mol. The van der Waals surface area contributed by atoms with E-state index in [1.807, 2.05) is 0 Å². The molecule has 3 rings (SSSR count). The second-order valence-electron chi connectivity index (χ2n) is 6.48. The third-order valence-electron chi connectivity index (χ3n) is 4.91. The first-order valence-corrected chi connectivity index (χ1v) is 8.46. The van der Waals surface area contributed by atoms with Crippen LogP contribution in [-0.4, -0.2) is 30.0 Å². The van der Waals surface area contributed by atoms with E-state index in [2.05, 4.69) is 0 Å². The molecule has 0 spiro atoms. The van der Waals surface area contributed by atoms with E-state index in [1.54, 1.807) is 6.07 Å². The van der Waals surface area contributed by atoms with Crippen LogP contribution < -0.4 is 4.90 Å². The number of amides is 2. The number of aliphatic hydroxyl groups is 1. The number of esters is 1. The van der Waals surface area contributed by atoms with Gasteiger partial charge in [-0.25, -0.2) is 9.69 Å². The van der Waals surface area contributed by atoms with E-state index in [9.17, 15) is 19.5 Å². The van der Waals surface area contributed by atoms with Gasteiger partial charge in [0.15, 0.2) is 0 Å². The maximum absolute atomic E-state index is 12.8. The average Bonchev–Trinajstić information content (AvgIpc) is 2.92. The molecule has 0 saturated heterocycles. The van der Waals surface area contributed by atoms with Gasteiger partial charge in [0.1, 0.15) is 5.76 Å². The number of nitrogens with zero attached hydrogens (tertiary/aromatic N) is 1. The van der Waals surface area contributed by atoms with E-state index in [1.165, 1.54) is 26.2 Å². The Kier molecular flexibility index (Phi) is 4.61. The minimum absolute atomic E-state index is 0.0247. The number of hydrogen-bond acceptors (Lipinski definition) is 5. The van der Waals surface area contributed by atoms with Crippen LogP contribution in [0.2, 0.25) is 0 Å². The lowest BCUT2D eigenvalue weighted by molar-refractivity contribution is -0.122. The quantitative estimate of drug-likeness (QED) is 0.506. The van der Waals surface area contributed by atoms with Crippen LogP contribution in [0.1, 0.15) is 54.9 Å². The number of anilines is 1. The molecular formula is C19H21NO5. The third kappa shape index (κ3) is 2.92. The lowest BCUT2D eigenvalue weighted by Crippen LogP contribution is -2.31. The number of imide groups is 1. The highest BCUT2D eigenvalue weighted by Crippen LogP contribution is 2.42. The van der Waals surface area contributed by atoms with Crippen molar-refractivity contribution in [3.05, 3.63) is 35.1 Å². The molecule has 0 bridgehead atoms. The molecule has 132 valence electrons. The predicted octanol–water partition coefficient (Wildman–Crippen LogP) is 3.22. The Morgan fingerprint density at radius 2 is 1.88 bits per heavy atom. The van der Waals surface area contributed by atoms with Crippen molar-refractivity contribution in [2.24, 2.45) is 5.92 Å². The number of carbonyl (C=O) groups is 3. The number of carbonyl (C=O) groups excluding carboxylic acids is 3. The normalized spacial score (nSPS) is 19.6. The molecule has 1 aliphatic heterocycles. The molecule has 1 N–H and O–H groups in total. The zero-order chi connectivity index (χ0) is 18.1. The fourth-order valence-electron chi connectivity index (χ4n) is 3.65. The minimum atomic E-state index is -0.535. The average molecular weight is 343 g/mol. The number of methoxy groups -OCH3 is 1. The van der Waals surface area contributed by atoms with Gasteiger partial charge in [0.2, 0.25) is 5.91 Å². The highest BCUT2D eigenvalue weighted by molar-refractivity contribution is 6.40. The third-order valence-corrected chi connectivity index (χ3v) is 4.91. The number of fused-ring (bicyclic) bond motifs is 1. The highest BCUT2D eigenvalue weighted by atomic mass is 16.5. The van der Waals surface area contributed by atoms with E-state index in [4.69, 9.17) is 4.74 Å². The van der Waals surface area contributed by atoms with Gasteiger partial charge in [-0.2, -0.15) is 0 Å². The number of allylic oxidation sites excluding steroid dienone is 1. The van der Waals surface area contributed by atoms with E-state index in [0.717, 1.165) is 37.0 Å². The Labute approximate surface area is 146 Å². The summed E-state index contributed by atoms with van der Waals surface area (Å²) in [7, 11) is 1.28. The monoisotopic (exact) mass is 343 g/mol. The molecule has 6 nitrogen and oxygen atoms in total. The number of rotatable bonds is 2. The van der Waals surface area contributed by atoms with Gasteiger partial charge in [0.05, 0.1) is 23.9 Å². The molecule has 0 aromatic heterocycles. The molecular weight excluding hydrogens is 322 g/mol. The van der Waals surface area contributed by atoms with E-state index < -0.39 is 17.8 Å². The Hall–Kier alpha value is -2.63. The number of benzene rings is 1. The Balaban J connectivity index is 2.15. The van der Waals surface area contributed by atoms with Gasteiger partial charge < -0.3 is 9.84 Å². The van der Waals surface area contributed by atoms with Crippen LogP contribution in [0.15, 0.2) is 24.0 Å². The molecule has 2 amide bonds. The summed E-state index contributed by atoms with van der Waals surface area (Å²) in [6.07, 6.45) is 4.75. The Morgan fingerprint density at radius 3 is 2.48 bits per heavy atom. The standard InChI is InChI=1S/C19H21NO5/c1-11(21)20-15-9-8-13(19(24)25-2)10-14(15)16(18(20)23)17(22)12-6-4-3-5-7-12/h8-10,12,22H,3-7H2,1-2H3/b17-16-. The van der Waals surface area contributed by atoms with Gasteiger partial charge in [-0.15, -0.1) is 0 Å². The van der Waals surface area contributed by atoms with Crippen LogP contribution in [0.5, 0.6) is 0 Å². The van der Waals surface area contributed by atoms with Crippen molar-refractivity contribution in [1.29, 1.82) is 0 Å². The zero-order valence-corrected chi connectivity index (χ0v) is 14.4. The number of ether oxygens (including phenoxy) is 1. The van der Waals surface area contributed by atoms with Crippen molar-refractivity contribution >= 4 is 29.0 Å². The Morgan fingerprint density at radius 1 is 1.20 bits per heavy atom. The first kappa shape index (κ1) is 17.2. The fourth-order valence-corrected chi connectivity index (χ4v) is 3.65. The zero-order valence-electron chi connectivity index (χ0n) is 14.4. The van der Waals surface area contributed by atoms with E-state index >= 15 is 0 Å². The summed E-state index contributed by atoms with van der Waals surface area (Å²) in [6.45, 7) is 1.30. The maximum atomic E-state index is 12.8. The molecule has 1 heterocycles. The topological polar surface area (TPSA) is 83.9 Å². The summed E-state index contributed by atoms with van der Waals surface area (Å²) in [5, 5.41) is 10.8. The van der Waals surface area contributed by atoms with Crippen molar-refractivity contribution in [2.45, 2.75) is 39.0 Å². The molecule has 0 atom stereocenters. The molecule has 1 aliphatic carbocycles. The van der Waals surface area contributed by atoms with Crippen molar-refractivity contribution < 1.29 is 24.2 Å². The van der Waals surface area contributed by atoms with Crippen molar-refractivity contribution in [3.63, 3.8) is 0 Å². The van der Waals surface area contributed by atoms with Gasteiger partial charge in [-0.3, -0.25) is 9.59 Å². The van der Waals surface area contributed by atoms with Crippen molar-refractivity contribution in [1.82, 2.24) is 0 Å². The fraction of sp³-hybridized carbons (Fsp3) is 0.421. The first-order valence-electron chi connectivity index (χ1n) is 8.46. The summed E-state index contributed by atoms with van der Waals surface area (Å²) in [4.78, 5) is 37.6.